The number of amides is 2. The monoisotopic (exact) mass is 356 g/mol. The van der Waals surface area contributed by atoms with Crippen LogP contribution < -0.4 is 5.32 Å². The molecule has 0 bridgehead atoms. The van der Waals surface area contributed by atoms with Gasteiger partial charge in [0, 0.05) is 38.3 Å². The molecule has 1 atom stereocenters. The van der Waals surface area contributed by atoms with Crippen LogP contribution in [0.2, 0.25) is 0 Å². The van der Waals surface area contributed by atoms with Gasteiger partial charge in [-0.25, -0.2) is 0 Å². The van der Waals surface area contributed by atoms with Crippen LogP contribution in [0.25, 0.3) is 0 Å². The molecule has 26 heavy (non-hydrogen) atoms. The van der Waals surface area contributed by atoms with Crippen molar-refractivity contribution in [2.75, 3.05) is 13.1 Å². The highest BCUT2D eigenvalue weighted by Gasteiger charge is 2.45. The Balaban J connectivity index is 1.31. The van der Waals surface area contributed by atoms with Crippen molar-refractivity contribution in [3.63, 3.8) is 0 Å². The first-order chi connectivity index (χ1) is 12.6. The van der Waals surface area contributed by atoms with Gasteiger partial charge >= 0.3 is 0 Å². The van der Waals surface area contributed by atoms with Gasteiger partial charge in [-0.15, -0.1) is 0 Å². The molecule has 1 aliphatic carbocycles. The van der Waals surface area contributed by atoms with E-state index in [9.17, 15) is 9.59 Å². The maximum atomic E-state index is 12.4. The van der Waals surface area contributed by atoms with Crippen molar-refractivity contribution in [3.8, 4) is 0 Å². The fourth-order valence-electron chi connectivity index (χ4n) is 3.66. The Morgan fingerprint density at radius 1 is 1.38 bits per heavy atom. The summed E-state index contributed by atoms with van der Waals surface area (Å²) in [5.74, 6) is 0.576. The number of piperidine rings is 1. The average Bonchev–Trinajstić information content (AvgIpc) is 3.39. The number of carbonyl (C=O) groups excluding carboxylic acids is 2. The third-order valence-corrected chi connectivity index (χ3v) is 5.33. The summed E-state index contributed by atoms with van der Waals surface area (Å²) in [6.07, 6.45) is 8.58. The van der Waals surface area contributed by atoms with E-state index in [-0.39, 0.29) is 11.8 Å². The minimum atomic E-state index is -0.529. The fourth-order valence-corrected chi connectivity index (χ4v) is 3.66. The Kier molecular flexibility index (Phi) is 4.61. The topological polar surface area (TPSA) is 83.9 Å². The van der Waals surface area contributed by atoms with Gasteiger partial charge in [0.05, 0.1) is 6.54 Å². The van der Waals surface area contributed by atoms with Gasteiger partial charge in [-0.2, -0.15) is 0 Å². The number of likely N-dealkylation sites (tertiary alicyclic amines) is 1. The van der Waals surface area contributed by atoms with Gasteiger partial charge in [0.2, 0.25) is 5.91 Å². The Labute approximate surface area is 152 Å². The van der Waals surface area contributed by atoms with Crippen LogP contribution in [0.3, 0.4) is 0 Å². The molecule has 3 heterocycles. The second kappa shape index (κ2) is 7.05. The fraction of sp³-hybridized carbons (Fsp3) is 0.579. The van der Waals surface area contributed by atoms with Crippen molar-refractivity contribution >= 4 is 17.5 Å². The van der Waals surface area contributed by atoms with Crippen LogP contribution in [0.15, 0.2) is 29.7 Å². The van der Waals surface area contributed by atoms with E-state index in [0.29, 0.717) is 37.6 Å². The third-order valence-electron chi connectivity index (χ3n) is 5.33. The molecule has 0 aromatic carbocycles. The molecule has 2 amide bonds. The third kappa shape index (κ3) is 3.86. The Hall–Kier alpha value is -2.44. The van der Waals surface area contributed by atoms with E-state index in [1.165, 1.54) is 12.8 Å². The van der Waals surface area contributed by atoms with Gasteiger partial charge in [-0.3, -0.25) is 14.6 Å². The molecule has 1 spiro atoms. The molecular weight excluding hydrogens is 332 g/mol. The molecule has 3 aliphatic rings. The highest BCUT2D eigenvalue weighted by atomic mass is 16.7. The highest BCUT2D eigenvalue weighted by molar-refractivity contribution is 6.39. The average molecular weight is 356 g/mol. The number of oxime groups is 1. The summed E-state index contributed by atoms with van der Waals surface area (Å²) in [5.41, 5.74) is 0.813. The maximum absolute atomic E-state index is 12.4. The summed E-state index contributed by atoms with van der Waals surface area (Å²) in [5, 5.41) is 6.90. The van der Waals surface area contributed by atoms with Crippen LogP contribution in [0.5, 0.6) is 0 Å². The second-order valence-corrected chi connectivity index (χ2v) is 7.60. The molecule has 1 aromatic heterocycles. The van der Waals surface area contributed by atoms with Crippen LogP contribution >= 0.6 is 0 Å². The number of rotatable bonds is 5. The predicted molar refractivity (Wildman–Crippen MR) is 95.1 cm³/mol. The minimum Gasteiger partial charge on any atom is -0.386 e. The zero-order valence-electron chi connectivity index (χ0n) is 14.8. The quantitative estimate of drug-likeness (QED) is 0.869. The summed E-state index contributed by atoms with van der Waals surface area (Å²) in [7, 11) is 0. The Morgan fingerprint density at radius 2 is 2.27 bits per heavy atom. The van der Waals surface area contributed by atoms with Crippen molar-refractivity contribution in [2.24, 2.45) is 11.1 Å². The lowest BCUT2D eigenvalue weighted by Gasteiger charge is -2.38. The van der Waals surface area contributed by atoms with Gasteiger partial charge in [0.1, 0.15) is 5.71 Å². The smallest absolute Gasteiger partial charge is 0.269 e. The zero-order chi connectivity index (χ0) is 18.0. The molecule has 1 saturated heterocycles. The molecule has 1 aromatic rings. The summed E-state index contributed by atoms with van der Waals surface area (Å²) < 4.78 is 0. The SMILES string of the molecule is O=C(NCc1cccnc1)C1=NO[C@@]2(CCCN(C(=O)CC3CC3)C2)C1. The van der Waals surface area contributed by atoms with Gasteiger partial charge in [0.15, 0.2) is 5.60 Å². The van der Waals surface area contributed by atoms with E-state index in [4.69, 9.17) is 4.84 Å². The van der Waals surface area contributed by atoms with Crippen LogP contribution in [0.4, 0.5) is 0 Å². The van der Waals surface area contributed by atoms with Crippen LogP contribution in [-0.4, -0.2) is 46.1 Å². The standard InChI is InChI=1S/C19H24N4O3/c24-17(9-14-4-5-14)23-8-2-6-19(13-23)10-16(22-26-19)18(25)21-12-15-3-1-7-20-11-15/h1,3,7,11,14H,2,4-6,8-10,12-13H2,(H,21,25)/t19-/m0/s1. The molecule has 2 aliphatic heterocycles. The highest BCUT2D eigenvalue weighted by Crippen LogP contribution is 2.36. The molecule has 7 nitrogen and oxygen atoms in total. The first-order valence-corrected chi connectivity index (χ1v) is 9.33. The Bertz CT molecular complexity index is 717. The lowest BCUT2D eigenvalue weighted by atomic mass is 9.87. The van der Waals surface area contributed by atoms with Gasteiger partial charge in [-0.05, 0) is 43.2 Å². The molecule has 1 N–H and O–H groups in total. The van der Waals surface area contributed by atoms with Gasteiger partial charge in [-0.1, -0.05) is 11.2 Å². The van der Waals surface area contributed by atoms with Crippen LogP contribution in [-0.2, 0) is 21.0 Å². The number of pyridine rings is 1. The molecule has 1 saturated carbocycles. The molecule has 4 rings (SSSR count). The predicted octanol–water partition coefficient (Wildman–Crippen LogP) is 1.64. The van der Waals surface area contributed by atoms with Crippen molar-refractivity contribution in [2.45, 2.75) is 50.7 Å². The van der Waals surface area contributed by atoms with Crippen LogP contribution in [0, 0.1) is 5.92 Å². The first-order valence-electron chi connectivity index (χ1n) is 9.33. The lowest BCUT2D eigenvalue weighted by molar-refractivity contribution is -0.141. The van der Waals surface area contributed by atoms with E-state index in [0.717, 1.165) is 24.9 Å². The number of hydrogen-bond donors (Lipinski definition) is 1. The second-order valence-electron chi connectivity index (χ2n) is 7.60. The van der Waals surface area contributed by atoms with E-state index in [2.05, 4.69) is 15.5 Å². The molecule has 7 heteroatoms. The van der Waals surface area contributed by atoms with Gasteiger partial charge in [0.25, 0.3) is 5.91 Å². The number of carbonyl (C=O) groups is 2. The van der Waals surface area contributed by atoms with E-state index in [1.807, 2.05) is 17.0 Å². The van der Waals surface area contributed by atoms with Crippen molar-refractivity contribution < 1.29 is 14.4 Å². The molecule has 2 fully saturated rings. The number of nitrogens with zero attached hydrogens (tertiary/aromatic N) is 3. The van der Waals surface area contributed by atoms with Crippen molar-refractivity contribution in [1.29, 1.82) is 0 Å². The largest absolute Gasteiger partial charge is 0.386 e. The van der Waals surface area contributed by atoms with Crippen molar-refractivity contribution in [1.82, 2.24) is 15.2 Å². The summed E-state index contributed by atoms with van der Waals surface area (Å²) in [6.45, 7) is 1.71. The van der Waals surface area contributed by atoms with Crippen LogP contribution in [0.1, 0.15) is 44.1 Å². The maximum Gasteiger partial charge on any atom is 0.269 e. The van der Waals surface area contributed by atoms with E-state index in [1.54, 1.807) is 12.4 Å². The number of nitrogens with one attached hydrogen (secondary N) is 1. The molecular formula is C19H24N4O3. The van der Waals surface area contributed by atoms with Crippen molar-refractivity contribution in [3.05, 3.63) is 30.1 Å². The van der Waals surface area contributed by atoms with E-state index < -0.39 is 5.60 Å². The summed E-state index contributed by atoms with van der Waals surface area (Å²) in [4.78, 5) is 36.4. The van der Waals surface area contributed by atoms with E-state index >= 15 is 0 Å². The minimum absolute atomic E-state index is 0.213. The first kappa shape index (κ1) is 17.0. The number of aromatic nitrogens is 1. The molecule has 138 valence electrons. The normalized spacial score (nSPS) is 24.9. The summed E-state index contributed by atoms with van der Waals surface area (Å²) in [6, 6.07) is 3.74. The Morgan fingerprint density at radius 3 is 3.04 bits per heavy atom. The number of hydrogen-bond acceptors (Lipinski definition) is 5. The molecule has 0 unspecified atom stereocenters. The summed E-state index contributed by atoms with van der Waals surface area (Å²) >= 11 is 0. The molecule has 0 radical (unpaired) electrons. The lowest BCUT2D eigenvalue weighted by Crippen LogP contribution is -2.51. The zero-order valence-corrected chi connectivity index (χ0v) is 14.8. The van der Waals surface area contributed by atoms with Gasteiger partial charge < -0.3 is 15.1 Å².